The van der Waals surface area contributed by atoms with E-state index in [9.17, 15) is 0 Å². The van der Waals surface area contributed by atoms with E-state index in [1.54, 1.807) is 0 Å². The topological polar surface area (TPSA) is 47.3 Å². The van der Waals surface area contributed by atoms with Gasteiger partial charge in [0.05, 0.1) is 11.8 Å². The molecule has 0 saturated carbocycles. The molecule has 0 aromatic heterocycles. The number of fused-ring (bicyclic) bond motifs is 3. The summed E-state index contributed by atoms with van der Waals surface area (Å²) in [5.74, 6) is 0.940. The fourth-order valence-electron chi connectivity index (χ4n) is 1.80. The van der Waals surface area contributed by atoms with Crippen molar-refractivity contribution in [3.05, 3.63) is 22.7 Å². The lowest BCUT2D eigenvalue weighted by molar-refractivity contribution is 0.146. The van der Waals surface area contributed by atoms with Gasteiger partial charge in [0.25, 0.3) is 0 Å². The molecule has 0 radical (unpaired) electrons. The number of piperidine rings is 1. The standard InChI is InChI=1S/C10H16N2O/c1-6(2)13-10-7-3-4-8(9(10)11)12-5-7/h6,12H,3-5,11H2,1-2H3. The summed E-state index contributed by atoms with van der Waals surface area (Å²) in [7, 11) is 0. The summed E-state index contributed by atoms with van der Waals surface area (Å²) in [6.07, 6.45) is 2.36. The van der Waals surface area contributed by atoms with Crippen LogP contribution >= 0.6 is 0 Å². The summed E-state index contributed by atoms with van der Waals surface area (Å²) >= 11 is 0. The highest BCUT2D eigenvalue weighted by Gasteiger charge is 2.26. The summed E-state index contributed by atoms with van der Waals surface area (Å²) in [6, 6.07) is 0. The zero-order valence-corrected chi connectivity index (χ0v) is 8.18. The summed E-state index contributed by atoms with van der Waals surface area (Å²) in [5.41, 5.74) is 9.25. The van der Waals surface area contributed by atoms with Crippen molar-refractivity contribution in [1.29, 1.82) is 0 Å². The van der Waals surface area contributed by atoms with Gasteiger partial charge in [0, 0.05) is 12.2 Å². The number of hydrogen-bond acceptors (Lipinski definition) is 3. The monoisotopic (exact) mass is 180 g/mol. The van der Waals surface area contributed by atoms with Crippen LogP contribution < -0.4 is 11.1 Å². The molecule has 2 bridgehead atoms. The van der Waals surface area contributed by atoms with Crippen LogP contribution in [-0.2, 0) is 4.74 Å². The second-order valence-corrected chi connectivity index (χ2v) is 3.85. The molecule has 1 saturated heterocycles. The van der Waals surface area contributed by atoms with Crippen LogP contribution in [0.5, 0.6) is 0 Å². The molecule has 3 N–H and O–H groups in total. The molecule has 0 aromatic rings. The van der Waals surface area contributed by atoms with Crippen LogP contribution in [0.15, 0.2) is 22.7 Å². The van der Waals surface area contributed by atoms with Gasteiger partial charge in [-0.3, -0.25) is 0 Å². The molecular weight excluding hydrogens is 164 g/mol. The fourth-order valence-corrected chi connectivity index (χ4v) is 1.80. The van der Waals surface area contributed by atoms with Crippen molar-refractivity contribution in [2.75, 3.05) is 6.54 Å². The van der Waals surface area contributed by atoms with E-state index in [0.29, 0.717) is 0 Å². The van der Waals surface area contributed by atoms with Gasteiger partial charge in [0.1, 0.15) is 5.76 Å². The molecular formula is C10H16N2O. The van der Waals surface area contributed by atoms with Crippen molar-refractivity contribution >= 4 is 0 Å². The molecule has 3 nitrogen and oxygen atoms in total. The SMILES string of the molecule is CC(C)OC1=C2CCC(=C1N)NC2. The van der Waals surface area contributed by atoms with Crippen LogP contribution in [0.4, 0.5) is 0 Å². The third-order valence-electron chi connectivity index (χ3n) is 2.44. The number of ether oxygens (including phenoxy) is 1. The average Bonchev–Trinajstić information content (AvgIpc) is 2.11. The van der Waals surface area contributed by atoms with E-state index in [4.69, 9.17) is 10.5 Å². The minimum absolute atomic E-state index is 0.209. The Balaban J connectivity index is 2.26. The number of rotatable bonds is 2. The Morgan fingerprint density at radius 2 is 2.15 bits per heavy atom. The van der Waals surface area contributed by atoms with Crippen LogP contribution in [0, 0.1) is 0 Å². The third kappa shape index (κ3) is 1.39. The van der Waals surface area contributed by atoms with Crippen LogP contribution in [0.2, 0.25) is 0 Å². The predicted molar refractivity (Wildman–Crippen MR) is 51.7 cm³/mol. The maximum absolute atomic E-state index is 5.95. The Kier molecular flexibility index (Phi) is 1.94. The van der Waals surface area contributed by atoms with Crippen molar-refractivity contribution < 1.29 is 4.74 Å². The van der Waals surface area contributed by atoms with E-state index < -0.39 is 0 Å². The molecule has 0 spiro atoms. The second-order valence-electron chi connectivity index (χ2n) is 3.85. The Morgan fingerprint density at radius 1 is 1.38 bits per heavy atom. The Morgan fingerprint density at radius 3 is 2.62 bits per heavy atom. The zero-order chi connectivity index (χ0) is 9.42. The highest BCUT2D eigenvalue weighted by atomic mass is 16.5. The molecule has 0 atom stereocenters. The third-order valence-corrected chi connectivity index (χ3v) is 2.44. The molecule has 1 aliphatic carbocycles. The van der Waals surface area contributed by atoms with Gasteiger partial charge in [0.2, 0.25) is 0 Å². The lowest BCUT2D eigenvalue weighted by atomic mass is 9.94. The Bertz CT molecular complexity index is 277. The van der Waals surface area contributed by atoms with Crippen LogP contribution in [0.1, 0.15) is 26.7 Å². The Hall–Kier alpha value is -1.12. The lowest BCUT2D eigenvalue weighted by Gasteiger charge is -2.31. The second kappa shape index (κ2) is 2.98. The summed E-state index contributed by atoms with van der Waals surface area (Å²) in [6.45, 7) is 4.97. The van der Waals surface area contributed by atoms with Gasteiger partial charge in [-0.15, -0.1) is 0 Å². The van der Waals surface area contributed by atoms with Gasteiger partial charge in [-0.25, -0.2) is 0 Å². The molecule has 3 rings (SSSR count). The molecule has 0 aromatic carbocycles. The molecule has 0 unspecified atom stereocenters. The summed E-state index contributed by atoms with van der Waals surface area (Å²) in [4.78, 5) is 0. The van der Waals surface area contributed by atoms with Crippen molar-refractivity contribution in [2.24, 2.45) is 5.73 Å². The van der Waals surface area contributed by atoms with E-state index in [1.807, 2.05) is 13.8 Å². The van der Waals surface area contributed by atoms with Gasteiger partial charge in [-0.05, 0) is 32.3 Å². The van der Waals surface area contributed by atoms with E-state index in [2.05, 4.69) is 5.32 Å². The lowest BCUT2D eigenvalue weighted by Crippen LogP contribution is -2.33. The maximum Gasteiger partial charge on any atom is 0.145 e. The van der Waals surface area contributed by atoms with E-state index in [-0.39, 0.29) is 6.10 Å². The molecule has 2 aliphatic heterocycles. The normalized spacial score (nSPS) is 21.2. The van der Waals surface area contributed by atoms with Crippen LogP contribution in [-0.4, -0.2) is 12.6 Å². The smallest absolute Gasteiger partial charge is 0.145 e. The molecule has 0 amide bonds. The minimum Gasteiger partial charge on any atom is -0.489 e. The highest BCUT2D eigenvalue weighted by molar-refractivity contribution is 5.41. The van der Waals surface area contributed by atoms with Crippen molar-refractivity contribution in [1.82, 2.24) is 5.32 Å². The summed E-state index contributed by atoms with van der Waals surface area (Å²) in [5, 5.41) is 3.29. The highest BCUT2D eigenvalue weighted by Crippen LogP contribution is 2.31. The molecule has 3 heteroatoms. The molecule has 3 aliphatic rings. The van der Waals surface area contributed by atoms with Crippen LogP contribution in [0.3, 0.4) is 0 Å². The maximum atomic E-state index is 5.95. The zero-order valence-electron chi connectivity index (χ0n) is 8.18. The molecule has 2 heterocycles. The van der Waals surface area contributed by atoms with E-state index in [1.165, 1.54) is 5.57 Å². The summed E-state index contributed by atoms with van der Waals surface area (Å²) < 4.78 is 5.69. The quantitative estimate of drug-likeness (QED) is 0.672. The number of dihydropyridines is 1. The van der Waals surface area contributed by atoms with Gasteiger partial charge >= 0.3 is 0 Å². The predicted octanol–water partition coefficient (Wildman–Crippen LogP) is 1.23. The number of hydrogen-bond donors (Lipinski definition) is 2. The number of nitrogens with one attached hydrogen (secondary N) is 1. The van der Waals surface area contributed by atoms with Crippen LogP contribution in [0.25, 0.3) is 0 Å². The van der Waals surface area contributed by atoms with Crippen molar-refractivity contribution in [3.63, 3.8) is 0 Å². The fraction of sp³-hybridized carbons (Fsp3) is 0.600. The van der Waals surface area contributed by atoms with Crippen molar-refractivity contribution in [3.8, 4) is 0 Å². The van der Waals surface area contributed by atoms with Gasteiger partial charge in [0.15, 0.2) is 0 Å². The number of allylic oxidation sites excluding steroid dienone is 1. The Labute approximate surface area is 78.6 Å². The largest absolute Gasteiger partial charge is 0.489 e. The number of nitrogens with two attached hydrogens (primary N) is 1. The first kappa shape index (κ1) is 8.48. The van der Waals surface area contributed by atoms with Gasteiger partial charge < -0.3 is 15.8 Å². The van der Waals surface area contributed by atoms with Gasteiger partial charge in [-0.2, -0.15) is 0 Å². The van der Waals surface area contributed by atoms with Crippen molar-refractivity contribution in [2.45, 2.75) is 32.8 Å². The van der Waals surface area contributed by atoms with E-state index in [0.717, 1.165) is 36.5 Å². The average molecular weight is 180 g/mol. The van der Waals surface area contributed by atoms with E-state index >= 15 is 0 Å². The molecule has 72 valence electrons. The first-order valence-corrected chi connectivity index (χ1v) is 4.80. The molecule has 13 heavy (non-hydrogen) atoms. The first-order valence-electron chi connectivity index (χ1n) is 4.80. The minimum atomic E-state index is 0.209. The molecule has 1 fully saturated rings. The van der Waals surface area contributed by atoms with Gasteiger partial charge in [-0.1, -0.05) is 0 Å². The first-order chi connectivity index (χ1) is 6.18.